The number of aromatic nitrogens is 2. The summed E-state index contributed by atoms with van der Waals surface area (Å²) in [4.78, 5) is 17.0. The molecule has 1 N–H and O–H groups in total. The maximum atomic E-state index is 13.7. The average Bonchev–Trinajstić information content (AvgIpc) is 2.41. The number of hydrogen-bond acceptors (Lipinski definition) is 3. The maximum absolute atomic E-state index is 13.7. The van der Waals surface area contributed by atoms with Gasteiger partial charge in [-0.1, -0.05) is 12.1 Å². The zero-order valence-electron chi connectivity index (χ0n) is 9.57. The van der Waals surface area contributed by atoms with Crippen LogP contribution >= 0.6 is 0 Å². The zero-order valence-corrected chi connectivity index (χ0v) is 9.57. The summed E-state index contributed by atoms with van der Waals surface area (Å²) >= 11 is 0. The molecule has 1 aliphatic rings. The zero-order chi connectivity index (χ0) is 12.5. The Labute approximate surface area is 102 Å². The second-order valence-electron chi connectivity index (χ2n) is 4.16. The van der Waals surface area contributed by atoms with Crippen LogP contribution in [0.2, 0.25) is 0 Å². The first kappa shape index (κ1) is 11.0. The van der Waals surface area contributed by atoms with E-state index in [2.05, 4.69) is 9.97 Å². The second-order valence-corrected chi connectivity index (χ2v) is 4.16. The summed E-state index contributed by atoms with van der Waals surface area (Å²) in [5, 5.41) is 0. The topological polar surface area (TPSA) is 55.0 Å². The molecule has 92 valence electrons. The molecule has 1 aliphatic heterocycles. The van der Waals surface area contributed by atoms with Gasteiger partial charge in [-0.2, -0.15) is 4.98 Å². The molecule has 2 aromatic rings. The van der Waals surface area contributed by atoms with Crippen LogP contribution < -0.4 is 10.4 Å². The normalized spacial score (nSPS) is 13.8. The number of nitrogens with one attached hydrogen (secondary N) is 1. The molecular weight excluding hydrogens is 235 g/mol. The molecule has 0 unspecified atom stereocenters. The Morgan fingerprint density at radius 3 is 3.17 bits per heavy atom. The molecule has 0 saturated heterocycles. The molecule has 0 bridgehead atoms. The van der Waals surface area contributed by atoms with Gasteiger partial charge in [0.15, 0.2) is 5.82 Å². The lowest BCUT2D eigenvalue weighted by molar-refractivity contribution is 0.289. The van der Waals surface area contributed by atoms with Crippen LogP contribution in [-0.4, -0.2) is 16.6 Å². The first-order valence-corrected chi connectivity index (χ1v) is 5.75. The number of aryl methyl sites for hydroxylation is 1. The summed E-state index contributed by atoms with van der Waals surface area (Å²) in [7, 11) is 0. The smallest absolute Gasteiger partial charge is 0.345 e. The van der Waals surface area contributed by atoms with Gasteiger partial charge in [0.1, 0.15) is 5.75 Å². The molecule has 0 aliphatic carbocycles. The minimum atomic E-state index is -0.570. The molecular formula is C13H11FN2O2. The lowest BCUT2D eigenvalue weighted by atomic mass is 10.0. The molecule has 4 nitrogen and oxygen atoms in total. The van der Waals surface area contributed by atoms with Crippen molar-refractivity contribution in [3.8, 4) is 17.0 Å². The quantitative estimate of drug-likeness (QED) is 0.836. The average molecular weight is 246 g/mol. The third-order valence-electron chi connectivity index (χ3n) is 2.97. The highest BCUT2D eigenvalue weighted by Gasteiger charge is 2.18. The number of para-hydroxylation sites is 1. The van der Waals surface area contributed by atoms with Gasteiger partial charge < -0.3 is 9.72 Å². The van der Waals surface area contributed by atoms with E-state index in [-0.39, 0.29) is 5.69 Å². The molecule has 0 atom stereocenters. The molecule has 1 aromatic heterocycles. The summed E-state index contributed by atoms with van der Waals surface area (Å²) in [6, 6.07) is 5.52. The molecule has 0 saturated carbocycles. The summed E-state index contributed by atoms with van der Waals surface area (Å²) in [6.45, 7) is 0.612. The van der Waals surface area contributed by atoms with Crippen LogP contribution in [0.3, 0.4) is 0 Å². The third kappa shape index (κ3) is 1.77. The number of ether oxygens (including phenoxy) is 1. The Hall–Kier alpha value is -2.17. The van der Waals surface area contributed by atoms with Crippen molar-refractivity contribution in [2.45, 2.75) is 12.8 Å². The van der Waals surface area contributed by atoms with Crippen LogP contribution in [0.5, 0.6) is 5.75 Å². The fraction of sp³-hybridized carbons (Fsp3) is 0.231. The van der Waals surface area contributed by atoms with E-state index in [1.165, 1.54) is 0 Å². The second kappa shape index (κ2) is 4.25. The van der Waals surface area contributed by atoms with Crippen LogP contribution in [0.15, 0.2) is 29.2 Å². The van der Waals surface area contributed by atoms with Crippen LogP contribution in [0.4, 0.5) is 4.39 Å². The van der Waals surface area contributed by atoms with Gasteiger partial charge in [-0.15, -0.1) is 0 Å². The monoisotopic (exact) mass is 246 g/mol. The predicted octanol–water partition coefficient (Wildman–Crippen LogP) is 1.90. The number of hydrogen-bond donors (Lipinski definition) is 1. The molecule has 0 amide bonds. The Balaban J connectivity index is 2.23. The summed E-state index contributed by atoms with van der Waals surface area (Å²) in [6.07, 6.45) is 2.78. The van der Waals surface area contributed by atoms with Crippen molar-refractivity contribution in [1.29, 1.82) is 0 Å². The fourth-order valence-corrected chi connectivity index (χ4v) is 2.16. The number of rotatable bonds is 1. The molecule has 3 rings (SSSR count). The van der Waals surface area contributed by atoms with E-state index in [9.17, 15) is 9.18 Å². The van der Waals surface area contributed by atoms with Gasteiger partial charge in [0.2, 0.25) is 0 Å². The first-order valence-electron chi connectivity index (χ1n) is 5.75. The standard InChI is InChI=1S/C13H11FN2O2/c14-10-7-15-13(17)16-11(10)9-5-1-3-8-4-2-6-18-12(8)9/h1,3,5,7H,2,4,6H2,(H,15,16,17). The van der Waals surface area contributed by atoms with Crippen LogP contribution in [0.1, 0.15) is 12.0 Å². The van der Waals surface area contributed by atoms with E-state index in [1.54, 1.807) is 6.07 Å². The molecule has 1 aromatic carbocycles. The molecule has 18 heavy (non-hydrogen) atoms. The van der Waals surface area contributed by atoms with Crippen molar-refractivity contribution in [3.05, 3.63) is 46.3 Å². The lowest BCUT2D eigenvalue weighted by Crippen LogP contribution is -2.14. The number of halogens is 1. The van der Waals surface area contributed by atoms with Gasteiger partial charge >= 0.3 is 5.69 Å². The minimum Gasteiger partial charge on any atom is -0.493 e. The highest BCUT2D eigenvalue weighted by Crippen LogP contribution is 2.35. The van der Waals surface area contributed by atoms with Crippen molar-refractivity contribution in [3.63, 3.8) is 0 Å². The van der Waals surface area contributed by atoms with Crippen molar-refractivity contribution in [1.82, 2.24) is 9.97 Å². The SMILES string of the molecule is O=c1ncc(F)c(-c2cccc3c2OCCC3)[nH]1. The van der Waals surface area contributed by atoms with Crippen molar-refractivity contribution >= 4 is 0 Å². The third-order valence-corrected chi connectivity index (χ3v) is 2.97. The minimum absolute atomic E-state index is 0.133. The largest absolute Gasteiger partial charge is 0.493 e. The Morgan fingerprint density at radius 1 is 1.39 bits per heavy atom. The summed E-state index contributed by atoms with van der Waals surface area (Å²) in [5.74, 6) is 0.0988. The number of aromatic amines is 1. The van der Waals surface area contributed by atoms with E-state index in [1.807, 2.05) is 12.1 Å². The van der Waals surface area contributed by atoms with E-state index in [4.69, 9.17) is 4.74 Å². The van der Waals surface area contributed by atoms with Gasteiger partial charge in [-0.25, -0.2) is 9.18 Å². The van der Waals surface area contributed by atoms with Crippen molar-refractivity contribution < 1.29 is 9.13 Å². The van der Waals surface area contributed by atoms with Gasteiger partial charge in [-0.3, -0.25) is 0 Å². The molecule has 2 heterocycles. The Kier molecular flexibility index (Phi) is 2.59. The Bertz CT molecular complexity index is 652. The number of nitrogens with zero attached hydrogens (tertiary/aromatic N) is 1. The maximum Gasteiger partial charge on any atom is 0.345 e. The fourth-order valence-electron chi connectivity index (χ4n) is 2.16. The van der Waals surface area contributed by atoms with E-state index in [0.29, 0.717) is 17.9 Å². The van der Waals surface area contributed by atoms with Gasteiger partial charge in [0, 0.05) is 5.56 Å². The summed E-state index contributed by atoms with van der Waals surface area (Å²) in [5.41, 5.74) is 1.17. The van der Waals surface area contributed by atoms with Gasteiger partial charge in [0.05, 0.1) is 18.5 Å². The highest BCUT2D eigenvalue weighted by atomic mass is 19.1. The van der Waals surface area contributed by atoms with Crippen LogP contribution in [-0.2, 0) is 6.42 Å². The lowest BCUT2D eigenvalue weighted by Gasteiger charge is -2.20. The van der Waals surface area contributed by atoms with Crippen molar-refractivity contribution in [2.75, 3.05) is 6.61 Å². The van der Waals surface area contributed by atoms with Crippen molar-refractivity contribution in [2.24, 2.45) is 0 Å². The summed E-state index contributed by atoms with van der Waals surface area (Å²) < 4.78 is 19.3. The first-order chi connectivity index (χ1) is 8.75. The molecule has 0 fully saturated rings. The molecule has 0 radical (unpaired) electrons. The van der Waals surface area contributed by atoms with E-state index < -0.39 is 11.5 Å². The molecule has 5 heteroatoms. The van der Waals surface area contributed by atoms with E-state index in [0.717, 1.165) is 24.6 Å². The van der Waals surface area contributed by atoms with Crippen LogP contribution in [0, 0.1) is 5.82 Å². The number of benzene rings is 1. The van der Waals surface area contributed by atoms with Gasteiger partial charge in [-0.05, 0) is 24.5 Å². The highest BCUT2D eigenvalue weighted by molar-refractivity contribution is 5.69. The van der Waals surface area contributed by atoms with Crippen LogP contribution in [0.25, 0.3) is 11.3 Å². The number of fused-ring (bicyclic) bond motifs is 1. The van der Waals surface area contributed by atoms with E-state index >= 15 is 0 Å². The molecule has 0 spiro atoms. The predicted molar refractivity (Wildman–Crippen MR) is 64.1 cm³/mol. The number of H-pyrrole nitrogens is 1. The van der Waals surface area contributed by atoms with Gasteiger partial charge in [0.25, 0.3) is 0 Å². The Morgan fingerprint density at radius 2 is 2.28 bits per heavy atom.